The van der Waals surface area contributed by atoms with E-state index >= 15 is 0 Å². The maximum absolute atomic E-state index is 14.4. The number of halogens is 3. The third kappa shape index (κ3) is 7.24. The lowest BCUT2D eigenvalue weighted by atomic mass is 9.69. The Morgan fingerprint density at radius 3 is 2.10 bits per heavy atom. The van der Waals surface area contributed by atoms with Gasteiger partial charge in [-0.2, -0.15) is 13.2 Å². The van der Waals surface area contributed by atoms with E-state index in [0.29, 0.717) is 37.2 Å². The molecule has 2 heterocycles. The number of benzene rings is 1. The van der Waals surface area contributed by atoms with Crippen LogP contribution in [0.2, 0.25) is 0 Å². The van der Waals surface area contributed by atoms with Crippen molar-refractivity contribution in [3.8, 4) is 0 Å². The van der Waals surface area contributed by atoms with Crippen LogP contribution in [0.15, 0.2) is 29.3 Å². The van der Waals surface area contributed by atoms with Gasteiger partial charge in [0.25, 0.3) is 5.91 Å². The van der Waals surface area contributed by atoms with Crippen LogP contribution < -0.4 is 0 Å². The fraction of sp³-hybridized carbons (Fsp3) is 0.710. The van der Waals surface area contributed by atoms with Gasteiger partial charge in [-0.15, -0.1) is 0 Å². The zero-order valence-electron chi connectivity index (χ0n) is 25.0. The van der Waals surface area contributed by atoms with Crippen LogP contribution in [0.25, 0.3) is 0 Å². The van der Waals surface area contributed by atoms with Crippen molar-refractivity contribution in [2.24, 2.45) is 22.2 Å². The van der Waals surface area contributed by atoms with Gasteiger partial charge in [-0.3, -0.25) is 9.69 Å². The van der Waals surface area contributed by atoms with Crippen molar-refractivity contribution in [3.05, 3.63) is 35.4 Å². The number of amides is 1. The van der Waals surface area contributed by atoms with E-state index in [-0.39, 0.29) is 36.0 Å². The Labute approximate surface area is 241 Å². The van der Waals surface area contributed by atoms with Crippen molar-refractivity contribution in [2.45, 2.75) is 91.0 Å². The molecule has 1 aliphatic carbocycles. The lowest BCUT2D eigenvalue weighted by molar-refractivity contribution is -0.148. The van der Waals surface area contributed by atoms with Gasteiger partial charge in [0, 0.05) is 26.2 Å². The highest BCUT2D eigenvalue weighted by molar-refractivity contribution is 6.39. The number of amidine groups is 1. The largest absolute Gasteiger partial charge is 0.478 e. The molecule has 2 aliphatic heterocycles. The number of carboxylic acids is 1. The van der Waals surface area contributed by atoms with E-state index in [9.17, 15) is 27.9 Å². The van der Waals surface area contributed by atoms with E-state index in [0.717, 1.165) is 37.7 Å². The minimum absolute atomic E-state index is 0.139. The molecule has 1 aromatic carbocycles. The van der Waals surface area contributed by atoms with Crippen molar-refractivity contribution >= 4 is 17.7 Å². The first-order valence-corrected chi connectivity index (χ1v) is 14.9. The summed E-state index contributed by atoms with van der Waals surface area (Å²) in [6.45, 7) is 11.2. The van der Waals surface area contributed by atoms with Crippen molar-refractivity contribution in [2.75, 3.05) is 32.7 Å². The van der Waals surface area contributed by atoms with E-state index in [4.69, 9.17) is 4.99 Å². The molecule has 0 bridgehead atoms. The fourth-order valence-corrected chi connectivity index (χ4v) is 6.69. The molecule has 3 aliphatic rings. The minimum Gasteiger partial charge on any atom is -0.478 e. The monoisotopic (exact) mass is 578 g/mol. The number of rotatable bonds is 7. The van der Waals surface area contributed by atoms with Crippen LogP contribution in [0, 0.1) is 17.3 Å². The minimum atomic E-state index is -4.25. The van der Waals surface area contributed by atoms with Crippen molar-refractivity contribution in [3.63, 3.8) is 0 Å². The van der Waals surface area contributed by atoms with Crippen LogP contribution in [-0.2, 0) is 4.79 Å². The molecular weight excluding hydrogens is 533 g/mol. The fourth-order valence-electron chi connectivity index (χ4n) is 6.69. The summed E-state index contributed by atoms with van der Waals surface area (Å²) >= 11 is 0. The normalized spacial score (nSPS) is 25.2. The Hall–Kier alpha value is -2.62. The summed E-state index contributed by atoms with van der Waals surface area (Å²) in [7, 11) is 0. The molecule has 41 heavy (non-hydrogen) atoms. The number of piperazine rings is 1. The van der Waals surface area contributed by atoms with Gasteiger partial charge in [-0.1, -0.05) is 46.8 Å². The van der Waals surface area contributed by atoms with Gasteiger partial charge in [0.1, 0.15) is 5.66 Å². The van der Waals surface area contributed by atoms with Crippen LogP contribution >= 0.6 is 0 Å². The maximum Gasteiger partial charge on any atom is 0.401 e. The SMILES string of the molecule is CC(C)CC[C@H](c1ccc(C(=O)O)cc1)N1C(=O)C(N2CCN(CC(F)(F)F)CC2)=NC12CCC(C(C)(C)C)CC2. The summed E-state index contributed by atoms with van der Waals surface area (Å²) in [6, 6.07) is 6.51. The number of carboxylic acid groups (broad SMARTS) is 1. The van der Waals surface area contributed by atoms with E-state index in [1.54, 1.807) is 12.1 Å². The number of nitrogens with zero attached hydrogens (tertiary/aromatic N) is 4. The second-order valence-electron chi connectivity index (χ2n) is 13.5. The van der Waals surface area contributed by atoms with E-state index < -0.39 is 24.4 Å². The topological polar surface area (TPSA) is 76.5 Å². The molecule has 1 saturated carbocycles. The number of aliphatic imine (C=N–C) groups is 1. The summed E-state index contributed by atoms with van der Waals surface area (Å²) in [5, 5.41) is 9.44. The van der Waals surface area contributed by atoms with Gasteiger partial charge in [0.05, 0.1) is 18.2 Å². The molecule has 1 atom stereocenters. The van der Waals surface area contributed by atoms with Crippen molar-refractivity contribution in [1.29, 1.82) is 0 Å². The molecule has 10 heteroatoms. The van der Waals surface area contributed by atoms with Crippen LogP contribution in [0.3, 0.4) is 0 Å². The average molecular weight is 579 g/mol. The first kappa shape index (κ1) is 31.3. The second-order valence-corrected chi connectivity index (χ2v) is 13.5. The summed E-state index contributed by atoms with van der Waals surface area (Å²) in [5.41, 5.74) is 0.496. The zero-order chi connectivity index (χ0) is 30.2. The third-order valence-corrected chi connectivity index (χ3v) is 9.13. The predicted molar refractivity (Wildman–Crippen MR) is 153 cm³/mol. The van der Waals surface area contributed by atoms with E-state index in [1.165, 1.54) is 4.90 Å². The molecule has 228 valence electrons. The predicted octanol–water partition coefficient (Wildman–Crippen LogP) is 6.22. The second kappa shape index (κ2) is 11.9. The molecule has 1 saturated heterocycles. The Balaban J connectivity index is 1.67. The Kier molecular flexibility index (Phi) is 9.12. The number of carbonyl (C=O) groups is 2. The standard InChI is InChI=1S/C31H45F3N4O3/c1-21(2)6-11-25(22-7-9-23(10-8-22)28(40)41)38-27(39)26(37-18-16-36(17-19-37)20-31(32,33)34)35-30(38)14-12-24(13-15-30)29(3,4)5/h7-10,21,24-25H,6,11-20H2,1-5H3,(H,40,41)/t24?,25-,30?/m1/s1. The van der Waals surface area contributed by atoms with Crippen LogP contribution in [0.4, 0.5) is 13.2 Å². The van der Waals surface area contributed by atoms with Crippen molar-refractivity contribution < 1.29 is 27.9 Å². The lowest BCUT2D eigenvalue weighted by Gasteiger charge is -2.47. The zero-order valence-corrected chi connectivity index (χ0v) is 25.0. The Bertz CT molecular complexity index is 1110. The molecule has 1 aromatic rings. The number of aromatic carboxylic acids is 1. The lowest BCUT2D eigenvalue weighted by Crippen LogP contribution is -2.54. The summed E-state index contributed by atoms with van der Waals surface area (Å²) in [4.78, 5) is 36.3. The Morgan fingerprint density at radius 1 is 1.02 bits per heavy atom. The first-order valence-electron chi connectivity index (χ1n) is 14.9. The van der Waals surface area contributed by atoms with Crippen LogP contribution in [-0.4, -0.2) is 82.1 Å². The molecule has 1 N–H and O–H groups in total. The summed E-state index contributed by atoms with van der Waals surface area (Å²) in [6.07, 6.45) is 0.642. The third-order valence-electron chi connectivity index (χ3n) is 9.13. The number of carbonyl (C=O) groups excluding carboxylic acids is 1. The molecule has 0 unspecified atom stereocenters. The summed E-state index contributed by atoms with van der Waals surface area (Å²) in [5.74, 6) is 0.101. The molecule has 1 amide bonds. The smallest absolute Gasteiger partial charge is 0.401 e. The van der Waals surface area contributed by atoms with Gasteiger partial charge < -0.3 is 14.9 Å². The van der Waals surface area contributed by atoms with E-state index in [2.05, 4.69) is 34.6 Å². The van der Waals surface area contributed by atoms with Gasteiger partial charge in [-0.25, -0.2) is 9.79 Å². The number of alkyl halides is 3. The van der Waals surface area contributed by atoms with Gasteiger partial charge in [0.2, 0.25) is 0 Å². The molecule has 4 rings (SSSR count). The van der Waals surface area contributed by atoms with Gasteiger partial charge >= 0.3 is 12.1 Å². The molecule has 0 aromatic heterocycles. The molecule has 7 nitrogen and oxygen atoms in total. The van der Waals surface area contributed by atoms with Gasteiger partial charge in [-0.05, 0) is 73.5 Å². The van der Waals surface area contributed by atoms with Gasteiger partial charge in [0.15, 0.2) is 5.84 Å². The summed E-state index contributed by atoms with van der Waals surface area (Å²) < 4.78 is 38.9. The molecule has 2 fully saturated rings. The van der Waals surface area contributed by atoms with Crippen LogP contribution in [0.1, 0.15) is 95.1 Å². The van der Waals surface area contributed by atoms with Crippen molar-refractivity contribution in [1.82, 2.24) is 14.7 Å². The highest BCUT2D eigenvalue weighted by atomic mass is 19.4. The number of hydrogen-bond donors (Lipinski definition) is 1. The maximum atomic E-state index is 14.4. The molecule has 1 spiro atoms. The highest BCUT2D eigenvalue weighted by Gasteiger charge is 2.53. The average Bonchev–Trinajstić information content (AvgIpc) is 3.15. The van der Waals surface area contributed by atoms with Crippen LogP contribution in [0.5, 0.6) is 0 Å². The van der Waals surface area contributed by atoms with E-state index in [1.807, 2.05) is 21.9 Å². The Morgan fingerprint density at radius 2 is 1.61 bits per heavy atom. The highest BCUT2D eigenvalue weighted by Crippen LogP contribution is 2.49. The molecular formula is C31H45F3N4O3. The first-order chi connectivity index (χ1) is 19.1. The molecule has 0 radical (unpaired) electrons. The quantitative estimate of drug-likeness (QED) is 0.416. The number of hydrogen-bond acceptors (Lipinski definition) is 5.